The molecule has 0 amide bonds. The van der Waals surface area contributed by atoms with Gasteiger partial charge in [0.05, 0.1) is 0 Å². The fourth-order valence-corrected chi connectivity index (χ4v) is 3.26. The lowest BCUT2D eigenvalue weighted by Crippen LogP contribution is -2.24. The minimum Gasteiger partial charge on any atom is -0.0622 e. The average Bonchev–Trinajstić information content (AvgIpc) is 2.68. The Kier molecular flexibility index (Phi) is 2.34. The highest BCUT2D eigenvalue weighted by Gasteiger charge is 2.31. The normalized spacial score (nSPS) is 14.7. The van der Waals surface area contributed by atoms with Gasteiger partial charge in [0.15, 0.2) is 0 Å². The topological polar surface area (TPSA) is 0 Å². The van der Waals surface area contributed by atoms with E-state index in [4.69, 9.17) is 0 Å². The molecule has 0 radical (unpaired) electrons. The van der Waals surface area contributed by atoms with Crippen molar-refractivity contribution in [3.05, 3.63) is 95.6 Å². The maximum Gasteiger partial charge on any atom is 0.0423 e. The van der Waals surface area contributed by atoms with Crippen molar-refractivity contribution in [3.8, 4) is 11.1 Å². The molecule has 0 nitrogen and oxygen atoms in total. The van der Waals surface area contributed by atoms with Gasteiger partial charge in [0.2, 0.25) is 0 Å². The van der Waals surface area contributed by atoms with Crippen LogP contribution < -0.4 is 0 Å². The van der Waals surface area contributed by atoms with E-state index in [9.17, 15) is 0 Å². The molecule has 96 valence electrons. The molecule has 0 heteroatoms. The van der Waals surface area contributed by atoms with Gasteiger partial charge in [0.25, 0.3) is 0 Å². The van der Waals surface area contributed by atoms with E-state index in [1.165, 1.54) is 27.8 Å². The molecular formula is C20H16. The quantitative estimate of drug-likeness (QED) is 0.573. The first-order valence-electron chi connectivity index (χ1n) is 7.05. The number of hydrogen-bond acceptors (Lipinski definition) is 0. The SMILES string of the molecule is CC1(c2ccccc2)c2ccc(cc2)-c2ccc1cc2. The van der Waals surface area contributed by atoms with E-state index >= 15 is 0 Å². The zero-order chi connectivity index (χ0) is 13.6. The molecule has 4 bridgehead atoms. The smallest absolute Gasteiger partial charge is 0.0423 e. The Hall–Kier alpha value is -2.34. The van der Waals surface area contributed by atoms with Gasteiger partial charge in [-0.05, 0) is 34.7 Å². The van der Waals surface area contributed by atoms with E-state index < -0.39 is 0 Å². The van der Waals surface area contributed by atoms with Crippen LogP contribution in [-0.2, 0) is 5.41 Å². The third-order valence-corrected chi connectivity index (χ3v) is 4.61. The number of rotatable bonds is 1. The van der Waals surface area contributed by atoms with Crippen LogP contribution in [0.25, 0.3) is 11.1 Å². The van der Waals surface area contributed by atoms with Gasteiger partial charge in [-0.25, -0.2) is 0 Å². The van der Waals surface area contributed by atoms with Crippen LogP contribution in [0, 0.1) is 0 Å². The number of benzene rings is 3. The molecule has 0 N–H and O–H groups in total. The Balaban J connectivity index is 2.09. The summed E-state index contributed by atoms with van der Waals surface area (Å²) in [7, 11) is 0. The molecule has 3 aromatic carbocycles. The van der Waals surface area contributed by atoms with E-state index in [0.29, 0.717) is 0 Å². The second kappa shape index (κ2) is 4.08. The minimum absolute atomic E-state index is 0.0946. The van der Waals surface area contributed by atoms with Crippen molar-refractivity contribution in [3.63, 3.8) is 0 Å². The summed E-state index contributed by atoms with van der Waals surface area (Å²) < 4.78 is 0. The van der Waals surface area contributed by atoms with Gasteiger partial charge in [-0.3, -0.25) is 0 Å². The Morgan fingerprint density at radius 2 is 0.900 bits per heavy atom. The van der Waals surface area contributed by atoms with E-state index in [2.05, 4.69) is 85.8 Å². The van der Waals surface area contributed by atoms with Gasteiger partial charge in [-0.2, -0.15) is 0 Å². The summed E-state index contributed by atoms with van der Waals surface area (Å²) in [5.41, 5.74) is 6.51. The predicted octanol–water partition coefficient (Wildman–Crippen LogP) is 5.02. The summed E-state index contributed by atoms with van der Waals surface area (Å²) in [5.74, 6) is 0. The van der Waals surface area contributed by atoms with E-state index in [1.807, 2.05) is 0 Å². The average molecular weight is 256 g/mol. The summed E-state index contributed by atoms with van der Waals surface area (Å²) in [5, 5.41) is 0. The van der Waals surface area contributed by atoms with Crippen LogP contribution in [0.5, 0.6) is 0 Å². The largest absolute Gasteiger partial charge is 0.0622 e. The first kappa shape index (κ1) is 11.5. The molecule has 0 heterocycles. The molecule has 0 unspecified atom stereocenters. The van der Waals surface area contributed by atoms with Gasteiger partial charge < -0.3 is 0 Å². The second-order valence-electron chi connectivity index (χ2n) is 5.65. The first-order valence-corrected chi connectivity index (χ1v) is 7.05. The van der Waals surface area contributed by atoms with Crippen LogP contribution in [-0.4, -0.2) is 0 Å². The maximum absolute atomic E-state index is 2.32. The molecule has 3 aromatic rings. The van der Waals surface area contributed by atoms with Crippen molar-refractivity contribution in [1.29, 1.82) is 0 Å². The highest BCUT2D eigenvalue weighted by Crippen LogP contribution is 2.41. The molecule has 0 fully saturated rings. The Morgan fingerprint density at radius 1 is 0.500 bits per heavy atom. The third-order valence-electron chi connectivity index (χ3n) is 4.61. The van der Waals surface area contributed by atoms with E-state index in [0.717, 1.165) is 0 Å². The lowest BCUT2D eigenvalue weighted by Gasteiger charge is -2.31. The molecule has 0 atom stereocenters. The van der Waals surface area contributed by atoms with Gasteiger partial charge in [-0.15, -0.1) is 0 Å². The van der Waals surface area contributed by atoms with Gasteiger partial charge >= 0.3 is 0 Å². The lowest BCUT2D eigenvalue weighted by atomic mass is 9.71. The van der Waals surface area contributed by atoms with E-state index in [1.54, 1.807) is 0 Å². The van der Waals surface area contributed by atoms with Crippen molar-refractivity contribution >= 4 is 0 Å². The van der Waals surface area contributed by atoms with Crippen LogP contribution >= 0.6 is 0 Å². The zero-order valence-corrected chi connectivity index (χ0v) is 11.5. The fourth-order valence-electron chi connectivity index (χ4n) is 3.26. The van der Waals surface area contributed by atoms with Crippen LogP contribution in [0.4, 0.5) is 0 Å². The van der Waals surface area contributed by atoms with Crippen LogP contribution in [0.3, 0.4) is 0 Å². The van der Waals surface area contributed by atoms with Crippen molar-refractivity contribution in [2.24, 2.45) is 0 Å². The molecule has 20 heavy (non-hydrogen) atoms. The second-order valence-corrected chi connectivity index (χ2v) is 5.65. The third kappa shape index (κ3) is 1.48. The molecule has 0 spiro atoms. The summed E-state index contributed by atoms with van der Waals surface area (Å²) in [6, 6.07) is 28.8. The van der Waals surface area contributed by atoms with Gasteiger partial charge in [0, 0.05) is 5.41 Å². The summed E-state index contributed by atoms with van der Waals surface area (Å²) in [4.78, 5) is 0. The molecule has 0 saturated carbocycles. The maximum atomic E-state index is 2.32. The molecule has 4 aliphatic carbocycles. The summed E-state index contributed by atoms with van der Waals surface area (Å²) in [6.07, 6.45) is 0. The standard InChI is InChI=1S/C20H16/c1-20(17-5-3-2-4-6-17)18-11-7-15(8-12-18)16-9-13-19(20)14-10-16/h2-14H,1H3. The van der Waals surface area contributed by atoms with Gasteiger partial charge in [-0.1, -0.05) is 78.9 Å². The van der Waals surface area contributed by atoms with E-state index in [-0.39, 0.29) is 5.41 Å². The lowest BCUT2D eigenvalue weighted by molar-refractivity contribution is 0.694. The molecule has 0 aliphatic heterocycles. The highest BCUT2D eigenvalue weighted by molar-refractivity contribution is 5.67. The van der Waals surface area contributed by atoms with Crippen LogP contribution in [0.1, 0.15) is 23.6 Å². The highest BCUT2D eigenvalue weighted by atomic mass is 14.3. The Labute approximate surface area is 119 Å². The summed E-state index contributed by atoms with van der Waals surface area (Å²) in [6.45, 7) is 2.32. The number of hydrogen-bond donors (Lipinski definition) is 0. The molecular weight excluding hydrogens is 240 g/mol. The molecule has 0 aromatic heterocycles. The molecule has 7 rings (SSSR count). The Morgan fingerprint density at radius 3 is 1.35 bits per heavy atom. The van der Waals surface area contributed by atoms with Gasteiger partial charge in [0.1, 0.15) is 0 Å². The van der Waals surface area contributed by atoms with Crippen LogP contribution in [0.15, 0.2) is 78.9 Å². The van der Waals surface area contributed by atoms with Crippen molar-refractivity contribution in [2.75, 3.05) is 0 Å². The van der Waals surface area contributed by atoms with Crippen molar-refractivity contribution in [2.45, 2.75) is 12.3 Å². The minimum atomic E-state index is -0.0946. The first-order chi connectivity index (χ1) is 9.78. The predicted molar refractivity (Wildman–Crippen MR) is 83.9 cm³/mol. The van der Waals surface area contributed by atoms with Crippen molar-refractivity contribution < 1.29 is 0 Å². The monoisotopic (exact) mass is 256 g/mol. The van der Waals surface area contributed by atoms with Crippen LogP contribution in [0.2, 0.25) is 0 Å². The Bertz CT molecular complexity index is 689. The molecule has 0 saturated heterocycles. The summed E-state index contributed by atoms with van der Waals surface area (Å²) >= 11 is 0. The zero-order valence-electron chi connectivity index (χ0n) is 11.5. The fraction of sp³-hybridized carbons (Fsp3) is 0.100. The molecule has 4 aliphatic rings. The van der Waals surface area contributed by atoms with Crippen molar-refractivity contribution in [1.82, 2.24) is 0 Å².